The normalized spacial score (nSPS) is 19.4. The summed E-state index contributed by atoms with van der Waals surface area (Å²) in [4.78, 5) is 18.8. The fourth-order valence-electron chi connectivity index (χ4n) is 2.94. The number of carbonyl (C=O) groups excluding carboxylic acids is 1. The van der Waals surface area contributed by atoms with Crippen molar-refractivity contribution in [1.29, 1.82) is 0 Å². The largest absolute Gasteiger partial charge is 0.497 e. The van der Waals surface area contributed by atoms with Gasteiger partial charge < -0.3 is 19.7 Å². The fraction of sp³-hybridized carbons (Fsp3) is 0.368. The molecule has 1 saturated heterocycles. The Hall–Kier alpha value is -2.31. The quantitative estimate of drug-likeness (QED) is 0.883. The number of nitrogens with zero attached hydrogens (tertiary/aromatic N) is 2. The van der Waals surface area contributed by atoms with Gasteiger partial charge in [-0.2, -0.15) is 0 Å². The average molecular weight is 378 g/mol. The molecule has 1 aliphatic rings. The molecule has 0 aliphatic carbocycles. The van der Waals surface area contributed by atoms with Gasteiger partial charge in [0.05, 0.1) is 24.9 Å². The zero-order chi connectivity index (χ0) is 17.8. The van der Waals surface area contributed by atoms with Crippen molar-refractivity contribution in [2.45, 2.75) is 26.1 Å². The standard InChI is InChI=1S/C19H23N3O3.ClH/c1-13-11-22(12-14(2)25-13)19(23)15-4-9-18(20-10-15)21-16-5-7-17(24-3)8-6-16;/h4-10,13-14H,11-12H2,1-3H3,(H,20,21);1H/t13-,14+;. The van der Waals surface area contributed by atoms with Crippen molar-refractivity contribution in [3.8, 4) is 5.75 Å². The van der Waals surface area contributed by atoms with Crippen molar-refractivity contribution in [3.63, 3.8) is 0 Å². The molecule has 3 rings (SSSR count). The highest BCUT2D eigenvalue weighted by Gasteiger charge is 2.26. The number of morpholine rings is 1. The summed E-state index contributed by atoms with van der Waals surface area (Å²) in [6.45, 7) is 5.18. The Morgan fingerprint density at radius 2 is 1.81 bits per heavy atom. The third kappa shape index (κ3) is 4.86. The molecule has 0 bridgehead atoms. The molecule has 1 N–H and O–H groups in total. The van der Waals surface area contributed by atoms with Crippen LogP contribution in [0.15, 0.2) is 42.6 Å². The Balaban J connectivity index is 0.00000243. The molecule has 6 nitrogen and oxygen atoms in total. The number of amides is 1. The van der Waals surface area contributed by atoms with Gasteiger partial charge in [-0.3, -0.25) is 4.79 Å². The summed E-state index contributed by atoms with van der Waals surface area (Å²) in [6.07, 6.45) is 1.72. The number of anilines is 2. The number of benzene rings is 1. The van der Waals surface area contributed by atoms with E-state index in [1.807, 2.05) is 49.1 Å². The van der Waals surface area contributed by atoms with Crippen molar-refractivity contribution in [2.75, 3.05) is 25.5 Å². The molecular formula is C19H24ClN3O3. The van der Waals surface area contributed by atoms with Gasteiger partial charge in [-0.05, 0) is 50.2 Å². The van der Waals surface area contributed by atoms with E-state index < -0.39 is 0 Å². The van der Waals surface area contributed by atoms with Gasteiger partial charge in [0, 0.05) is 25.0 Å². The Bertz CT molecular complexity index is 712. The highest BCUT2D eigenvalue weighted by atomic mass is 35.5. The Labute approximate surface area is 159 Å². The smallest absolute Gasteiger partial charge is 0.255 e. The van der Waals surface area contributed by atoms with Gasteiger partial charge in [-0.25, -0.2) is 4.98 Å². The predicted molar refractivity (Wildman–Crippen MR) is 104 cm³/mol. The van der Waals surface area contributed by atoms with Crippen molar-refractivity contribution in [3.05, 3.63) is 48.2 Å². The number of ether oxygens (including phenoxy) is 2. The van der Waals surface area contributed by atoms with Gasteiger partial charge in [0.15, 0.2) is 0 Å². The first-order valence-corrected chi connectivity index (χ1v) is 8.37. The molecule has 26 heavy (non-hydrogen) atoms. The molecule has 1 aromatic heterocycles. The third-order valence-corrected chi connectivity index (χ3v) is 4.08. The van der Waals surface area contributed by atoms with E-state index in [4.69, 9.17) is 9.47 Å². The van der Waals surface area contributed by atoms with Crippen LogP contribution in [0.1, 0.15) is 24.2 Å². The van der Waals surface area contributed by atoms with Crippen LogP contribution in [0.25, 0.3) is 0 Å². The Kier molecular flexibility index (Phi) is 6.83. The van der Waals surface area contributed by atoms with E-state index in [0.717, 1.165) is 11.4 Å². The minimum atomic E-state index is -0.00880. The molecule has 1 fully saturated rings. The van der Waals surface area contributed by atoms with Crippen LogP contribution in [-0.4, -0.2) is 48.2 Å². The summed E-state index contributed by atoms with van der Waals surface area (Å²) >= 11 is 0. The SMILES string of the molecule is COc1ccc(Nc2ccc(C(=O)N3C[C@@H](C)O[C@@H](C)C3)cn2)cc1.Cl. The number of hydrogen-bond donors (Lipinski definition) is 1. The second kappa shape index (κ2) is 8.87. The highest BCUT2D eigenvalue weighted by molar-refractivity contribution is 5.94. The number of nitrogens with one attached hydrogen (secondary N) is 1. The zero-order valence-corrected chi connectivity index (χ0v) is 16.0. The first-order chi connectivity index (χ1) is 12.0. The van der Waals surface area contributed by atoms with E-state index in [2.05, 4.69) is 10.3 Å². The molecule has 2 heterocycles. The summed E-state index contributed by atoms with van der Waals surface area (Å²) in [5, 5.41) is 3.20. The van der Waals surface area contributed by atoms with E-state index in [9.17, 15) is 4.79 Å². The Morgan fingerprint density at radius 3 is 2.35 bits per heavy atom. The molecule has 7 heteroatoms. The van der Waals surface area contributed by atoms with Crippen molar-refractivity contribution in [2.24, 2.45) is 0 Å². The fourth-order valence-corrected chi connectivity index (χ4v) is 2.94. The third-order valence-electron chi connectivity index (χ3n) is 4.08. The lowest BCUT2D eigenvalue weighted by atomic mass is 10.2. The lowest BCUT2D eigenvalue weighted by Gasteiger charge is -2.35. The summed E-state index contributed by atoms with van der Waals surface area (Å²) in [5.41, 5.74) is 1.49. The van der Waals surface area contributed by atoms with Gasteiger partial charge in [-0.15, -0.1) is 12.4 Å². The molecule has 1 aromatic carbocycles. The molecule has 0 unspecified atom stereocenters. The van der Waals surface area contributed by atoms with Crippen molar-refractivity contribution in [1.82, 2.24) is 9.88 Å². The van der Waals surface area contributed by atoms with Crippen LogP contribution < -0.4 is 10.1 Å². The van der Waals surface area contributed by atoms with Gasteiger partial charge in [-0.1, -0.05) is 0 Å². The van der Waals surface area contributed by atoms with E-state index >= 15 is 0 Å². The van der Waals surface area contributed by atoms with Crippen LogP contribution in [-0.2, 0) is 4.74 Å². The monoisotopic (exact) mass is 377 g/mol. The molecule has 0 saturated carbocycles. The van der Waals surface area contributed by atoms with Crippen LogP contribution in [0.3, 0.4) is 0 Å². The maximum Gasteiger partial charge on any atom is 0.255 e. The average Bonchev–Trinajstić information content (AvgIpc) is 2.61. The van der Waals surface area contributed by atoms with Gasteiger partial charge in [0.2, 0.25) is 0 Å². The molecule has 2 atom stereocenters. The maximum absolute atomic E-state index is 12.6. The van der Waals surface area contributed by atoms with Crippen molar-refractivity contribution < 1.29 is 14.3 Å². The number of carbonyl (C=O) groups is 1. The van der Waals surface area contributed by atoms with Crippen LogP contribution in [0.4, 0.5) is 11.5 Å². The lowest BCUT2D eigenvalue weighted by molar-refractivity contribution is -0.0586. The molecule has 1 aliphatic heterocycles. The molecule has 0 radical (unpaired) electrons. The number of rotatable bonds is 4. The van der Waals surface area contributed by atoms with Crippen molar-refractivity contribution >= 4 is 29.8 Å². The molecule has 2 aromatic rings. The number of aromatic nitrogens is 1. The van der Waals surface area contributed by atoms with Gasteiger partial charge in [0.1, 0.15) is 11.6 Å². The van der Waals surface area contributed by atoms with E-state index in [1.165, 1.54) is 0 Å². The van der Waals surface area contributed by atoms with E-state index in [1.54, 1.807) is 19.4 Å². The molecule has 1 amide bonds. The number of halogens is 1. The zero-order valence-electron chi connectivity index (χ0n) is 15.1. The summed E-state index contributed by atoms with van der Waals surface area (Å²) in [5.74, 6) is 1.48. The number of hydrogen-bond acceptors (Lipinski definition) is 5. The summed E-state index contributed by atoms with van der Waals surface area (Å²) in [6, 6.07) is 11.2. The predicted octanol–water partition coefficient (Wildman–Crippen LogP) is 3.51. The second-order valence-electron chi connectivity index (χ2n) is 6.25. The number of pyridine rings is 1. The van der Waals surface area contributed by atoms with E-state index in [0.29, 0.717) is 24.5 Å². The topological polar surface area (TPSA) is 63.7 Å². The molecule has 140 valence electrons. The number of methoxy groups -OCH3 is 1. The highest BCUT2D eigenvalue weighted by Crippen LogP contribution is 2.19. The maximum atomic E-state index is 12.6. The van der Waals surface area contributed by atoms with Crippen LogP contribution in [0.2, 0.25) is 0 Å². The molecule has 0 spiro atoms. The lowest BCUT2D eigenvalue weighted by Crippen LogP contribution is -2.48. The van der Waals surface area contributed by atoms with Crippen LogP contribution >= 0.6 is 12.4 Å². The van der Waals surface area contributed by atoms with Gasteiger partial charge in [0.25, 0.3) is 5.91 Å². The van der Waals surface area contributed by atoms with Crippen LogP contribution in [0.5, 0.6) is 5.75 Å². The first kappa shape index (κ1) is 20.0. The second-order valence-corrected chi connectivity index (χ2v) is 6.25. The first-order valence-electron chi connectivity index (χ1n) is 8.37. The Morgan fingerprint density at radius 1 is 1.15 bits per heavy atom. The summed E-state index contributed by atoms with van der Waals surface area (Å²) in [7, 11) is 1.63. The minimum absolute atomic E-state index is 0. The minimum Gasteiger partial charge on any atom is -0.497 e. The van der Waals surface area contributed by atoms with E-state index in [-0.39, 0.29) is 30.5 Å². The van der Waals surface area contributed by atoms with Crippen LogP contribution in [0, 0.1) is 0 Å². The molecular weight excluding hydrogens is 354 g/mol. The van der Waals surface area contributed by atoms with Gasteiger partial charge >= 0.3 is 0 Å². The summed E-state index contributed by atoms with van der Waals surface area (Å²) < 4.78 is 10.8.